The molecule has 2 nitrogen and oxygen atoms in total. The van der Waals surface area contributed by atoms with Gasteiger partial charge in [0, 0.05) is 30.6 Å². The molecule has 0 aromatic carbocycles. The van der Waals surface area contributed by atoms with Crippen LogP contribution in [0.3, 0.4) is 0 Å². The Morgan fingerprint density at radius 2 is 2.30 bits per heavy atom. The minimum Gasteiger partial charge on any atom is -0.316 e. The third kappa shape index (κ3) is 2.81. The lowest BCUT2D eigenvalue weighted by Gasteiger charge is -2.46. The summed E-state index contributed by atoms with van der Waals surface area (Å²) in [6.45, 7) is 8.57. The molecule has 1 fully saturated rings. The topological polar surface area (TPSA) is 15.3 Å². The van der Waals surface area contributed by atoms with Crippen LogP contribution >= 0.6 is 11.3 Å². The number of hydrogen-bond donors (Lipinski definition) is 1. The number of fused-ring (bicyclic) bond motifs is 1. The van der Waals surface area contributed by atoms with Gasteiger partial charge in [0.15, 0.2) is 0 Å². The zero-order valence-electron chi connectivity index (χ0n) is 13.1. The predicted molar refractivity (Wildman–Crippen MR) is 87.3 cm³/mol. The van der Waals surface area contributed by atoms with Crippen LogP contribution in [0.25, 0.3) is 0 Å². The molecule has 0 saturated heterocycles. The fourth-order valence-electron chi connectivity index (χ4n) is 4.40. The van der Waals surface area contributed by atoms with Crippen LogP contribution in [0.4, 0.5) is 0 Å². The molecule has 2 unspecified atom stereocenters. The van der Waals surface area contributed by atoms with Crippen LogP contribution in [-0.4, -0.2) is 31.1 Å². The zero-order chi connectivity index (χ0) is 14.2. The first-order chi connectivity index (χ1) is 9.60. The molecule has 1 saturated carbocycles. The second-order valence-corrected chi connectivity index (χ2v) is 8.26. The largest absolute Gasteiger partial charge is 0.316 e. The van der Waals surface area contributed by atoms with Crippen molar-refractivity contribution >= 4 is 11.3 Å². The van der Waals surface area contributed by atoms with Gasteiger partial charge in [-0.15, -0.1) is 11.3 Å². The number of nitrogens with one attached hydrogen (secondary N) is 1. The molecule has 2 heterocycles. The van der Waals surface area contributed by atoms with E-state index in [0.29, 0.717) is 11.5 Å². The van der Waals surface area contributed by atoms with E-state index in [2.05, 4.69) is 42.6 Å². The van der Waals surface area contributed by atoms with E-state index in [1.807, 2.05) is 11.3 Å². The van der Waals surface area contributed by atoms with E-state index in [0.717, 1.165) is 5.92 Å². The maximum atomic E-state index is 3.62. The van der Waals surface area contributed by atoms with Crippen molar-refractivity contribution in [3.8, 4) is 0 Å². The maximum absolute atomic E-state index is 3.62. The van der Waals surface area contributed by atoms with Gasteiger partial charge in [-0.2, -0.15) is 0 Å². The van der Waals surface area contributed by atoms with Gasteiger partial charge >= 0.3 is 0 Å². The summed E-state index contributed by atoms with van der Waals surface area (Å²) in [7, 11) is 2.15. The van der Waals surface area contributed by atoms with Crippen LogP contribution in [0.1, 0.15) is 43.6 Å². The predicted octanol–water partition coefficient (Wildman–Crippen LogP) is 3.52. The van der Waals surface area contributed by atoms with Crippen molar-refractivity contribution in [2.24, 2.45) is 11.3 Å². The number of nitrogens with zero attached hydrogens (tertiary/aromatic N) is 1. The van der Waals surface area contributed by atoms with Gasteiger partial charge in [-0.3, -0.25) is 4.90 Å². The summed E-state index contributed by atoms with van der Waals surface area (Å²) in [6.07, 6.45) is 5.41. The Balaban J connectivity index is 1.65. The van der Waals surface area contributed by atoms with Gasteiger partial charge in [-0.25, -0.2) is 0 Å². The lowest BCUT2D eigenvalue weighted by atomic mass is 9.68. The van der Waals surface area contributed by atoms with Crippen molar-refractivity contribution in [1.29, 1.82) is 0 Å². The third-order valence-corrected chi connectivity index (χ3v) is 6.42. The van der Waals surface area contributed by atoms with Gasteiger partial charge < -0.3 is 5.32 Å². The highest BCUT2D eigenvalue weighted by atomic mass is 32.1. The number of hydrogen-bond acceptors (Lipinski definition) is 3. The molecule has 0 spiro atoms. The molecule has 3 rings (SSSR count). The van der Waals surface area contributed by atoms with Gasteiger partial charge in [0.2, 0.25) is 0 Å². The van der Waals surface area contributed by atoms with E-state index in [9.17, 15) is 0 Å². The van der Waals surface area contributed by atoms with E-state index in [4.69, 9.17) is 0 Å². The van der Waals surface area contributed by atoms with Crippen molar-refractivity contribution in [2.75, 3.05) is 20.1 Å². The first-order valence-electron chi connectivity index (χ1n) is 8.05. The first-order valence-corrected chi connectivity index (χ1v) is 8.93. The lowest BCUT2D eigenvalue weighted by Crippen LogP contribution is -2.52. The highest BCUT2D eigenvalue weighted by Crippen LogP contribution is 2.39. The molecule has 2 aliphatic rings. The number of thiophene rings is 1. The molecular weight excluding hydrogens is 264 g/mol. The average molecular weight is 292 g/mol. The molecule has 3 heteroatoms. The van der Waals surface area contributed by atoms with E-state index >= 15 is 0 Å². The summed E-state index contributed by atoms with van der Waals surface area (Å²) in [6, 6.07) is 2.99. The van der Waals surface area contributed by atoms with Gasteiger partial charge in [-0.05, 0) is 54.7 Å². The molecule has 2 atom stereocenters. The molecule has 112 valence electrons. The van der Waals surface area contributed by atoms with Crippen molar-refractivity contribution in [1.82, 2.24) is 10.2 Å². The monoisotopic (exact) mass is 292 g/mol. The van der Waals surface area contributed by atoms with Crippen molar-refractivity contribution in [2.45, 2.75) is 52.1 Å². The summed E-state index contributed by atoms with van der Waals surface area (Å²) in [4.78, 5) is 4.31. The Morgan fingerprint density at radius 3 is 3.10 bits per heavy atom. The Hall–Kier alpha value is -0.380. The SMILES string of the molecule is CNC1C(CN2CCc3sccc3C2)CCCC1(C)C. The molecule has 1 aromatic rings. The Labute approximate surface area is 127 Å². The van der Waals surface area contributed by atoms with Crippen molar-refractivity contribution < 1.29 is 0 Å². The molecule has 1 aliphatic heterocycles. The van der Waals surface area contributed by atoms with E-state index in [-0.39, 0.29) is 0 Å². The smallest absolute Gasteiger partial charge is 0.0245 e. The quantitative estimate of drug-likeness (QED) is 0.917. The Bertz CT molecular complexity index is 452. The van der Waals surface area contributed by atoms with Gasteiger partial charge in [0.05, 0.1) is 0 Å². The highest BCUT2D eigenvalue weighted by molar-refractivity contribution is 7.10. The van der Waals surface area contributed by atoms with Crippen molar-refractivity contribution in [3.63, 3.8) is 0 Å². The van der Waals surface area contributed by atoms with Crippen LogP contribution in [0.2, 0.25) is 0 Å². The minimum atomic E-state index is 0.445. The van der Waals surface area contributed by atoms with Crippen LogP contribution < -0.4 is 5.32 Å². The fourth-order valence-corrected chi connectivity index (χ4v) is 5.29. The van der Waals surface area contributed by atoms with Gasteiger partial charge in [0.1, 0.15) is 0 Å². The standard InChI is InChI=1S/C17H28N2S/c1-17(2)8-4-5-14(16(17)18-3)12-19-9-6-15-13(11-19)7-10-20-15/h7,10,14,16,18H,4-6,8-9,11-12H2,1-3H3. The molecule has 1 aliphatic carbocycles. The van der Waals surface area contributed by atoms with Crippen LogP contribution in [0.15, 0.2) is 11.4 Å². The fraction of sp³-hybridized carbons (Fsp3) is 0.765. The summed E-state index contributed by atoms with van der Waals surface area (Å²) in [5.74, 6) is 0.809. The lowest BCUT2D eigenvalue weighted by molar-refractivity contribution is 0.0796. The third-order valence-electron chi connectivity index (χ3n) is 5.40. The average Bonchev–Trinajstić information content (AvgIpc) is 2.85. The van der Waals surface area contributed by atoms with Crippen LogP contribution in [0.5, 0.6) is 0 Å². The van der Waals surface area contributed by atoms with E-state index in [1.165, 1.54) is 45.3 Å². The normalized spacial score (nSPS) is 30.1. The Morgan fingerprint density at radius 1 is 1.45 bits per heavy atom. The second kappa shape index (κ2) is 5.78. The van der Waals surface area contributed by atoms with E-state index < -0.39 is 0 Å². The molecule has 1 aromatic heterocycles. The molecular formula is C17H28N2S. The second-order valence-electron chi connectivity index (χ2n) is 7.26. The highest BCUT2D eigenvalue weighted by Gasteiger charge is 2.38. The summed E-state index contributed by atoms with van der Waals surface area (Å²) in [5, 5.41) is 5.88. The maximum Gasteiger partial charge on any atom is 0.0245 e. The minimum absolute atomic E-state index is 0.445. The molecule has 0 radical (unpaired) electrons. The van der Waals surface area contributed by atoms with Crippen LogP contribution in [0, 0.1) is 11.3 Å². The summed E-state index contributed by atoms with van der Waals surface area (Å²) < 4.78 is 0. The van der Waals surface area contributed by atoms with Gasteiger partial charge in [-0.1, -0.05) is 20.3 Å². The molecule has 0 amide bonds. The first kappa shape index (κ1) is 14.6. The summed E-state index contributed by atoms with van der Waals surface area (Å²) >= 11 is 1.94. The molecule has 1 N–H and O–H groups in total. The van der Waals surface area contributed by atoms with Crippen molar-refractivity contribution in [3.05, 3.63) is 21.9 Å². The van der Waals surface area contributed by atoms with E-state index in [1.54, 1.807) is 10.4 Å². The molecule has 20 heavy (non-hydrogen) atoms. The summed E-state index contributed by atoms with van der Waals surface area (Å²) in [5.41, 5.74) is 2.03. The Kier molecular flexibility index (Phi) is 4.21. The van der Waals surface area contributed by atoms with Gasteiger partial charge in [0.25, 0.3) is 0 Å². The van der Waals surface area contributed by atoms with Crippen LogP contribution in [-0.2, 0) is 13.0 Å². The molecule has 0 bridgehead atoms. The number of rotatable bonds is 3. The zero-order valence-corrected chi connectivity index (χ0v) is 13.9.